The van der Waals surface area contributed by atoms with Gasteiger partial charge in [-0.25, -0.2) is 9.07 Å². The Labute approximate surface area is 156 Å². The zero-order valence-corrected chi connectivity index (χ0v) is 14.9. The molecular weight excluding hydrogens is 349 g/mol. The van der Waals surface area contributed by atoms with Crippen molar-refractivity contribution in [2.75, 3.05) is 38.3 Å². The average Bonchev–Trinajstić information content (AvgIpc) is 3.21. The summed E-state index contributed by atoms with van der Waals surface area (Å²) >= 11 is 0. The van der Waals surface area contributed by atoms with E-state index >= 15 is 0 Å². The Hall–Kier alpha value is -3.06. The van der Waals surface area contributed by atoms with Crippen molar-refractivity contribution in [3.8, 4) is 28.3 Å². The first-order chi connectivity index (χ1) is 13.2. The van der Waals surface area contributed by atoms with Gasteiger partial charge in [-0.3, -0.25) is 0 Å². The molecule has 140 valence electrons. The third-order valence-corrected chi connectivity index (χ3v) is 4.65. The maximum absolute atomic E-state index is 13.9. The van der Waals surface area contributed by atoms with Gasteiger partial charge in [0, 0.05) is 30.5 Å². The number of rotatable bonds is 4. The Kier molecular flexibility index (Phi) is 4.68. The molecule has 7 heteroatoms. The first kappa shape index (κ1) is 17.4. The molecule has 0 atom stereocenters. The molecule has 3 aromatic rings. The molecule has 1 aromatic heterocycles. The number of benzene rings is 2. The van der Waals surface area contributed by atoms with Crippen molar-refractivity contribution < 1.29 is 19.0 Å². The lowest BCUT2D eigenvalue weighted by Gasteiger charge is -2.28. The monoisotopic (exact) mass is 369 g/mol. The second-order valence-electron chi connectivity index (χ2n) is 6.30. The van der Waals surface area contributed by atoms with Crippen LogP contribution in [-0.2, 0) is 4.74 Å². The van der Waals surface area contributed by atoms with E-state index in [0.29, 0.717) is 5.56 Å². The fraction of sp³-hybridized carbons (Fsp3) is 0.250. The maximum atomic E-state index is 13.9. The molecule has 1 saturated heterocycles. The van der Waals surface area contributed by atoms with E-state index in [9.17, 15) is 9.50 Å². The van der Waals surface area contributed by atoms with Crippen molar-refractivity contribution in [3.63, 3.8) is 0 Å². The van der Waals surface area contributed by atoms with E-state index in [0.717, 1.165) is 43.2 Å². The van der Waals surface area contributed by atoms with Gasteiger partial charge in [0.05, 0.1) is 32.2 Å². The average molecular weight is 369 g/mol. The van der Waals surface area contributed by atoms with E-state index < -0.39 is 11.6 Å². The minimum atomic E-state index is -0.730. The standard InChI is InChI=1S/C20H20FN3O3/c1-26-19-11-14(10-18(21)20(19)25)15-12-22-24(13-15)17-4-2-16(3-5-17)23-6-8-27-9-7-23/h2-5,10-13,25H,6-9H2,1H3. The van der Waals surface area contributed by atoms with Gasteiger partial charge in [-0.05, 0) is 42.0 Å². The summed E-state index contributed by atoms with van der Waals surface area (Å²) in [6.45, 7) is 3.27. The van der Waals surface area contributed by atoms with Crippen LogP contribution in [0, 0.1) is 5.82 Å². The zero-order valence-electron chi connectivity index (χ0n) is 14.9. The van der Waals surface area contributed by atoms with Gasteiger partial charge in [0.2, 0.25) is 0 Å². The first-order valence-corrected chi connectivity index (χ1v) is 8.70. The number of aromatic nitrogens is 2. The number of halogens is 1. The lowest BCUT2D eigenvalue weighted by molar-refractivity contribution is 0.122. The summed E-state index contributed by atoms with van der Waals surface area (Å²) in [5.74, 6) is -1.13. The van der Waals surface area contributed by atoms with Gasteiger partial charge < -0.3 is 19.5 Å². The smallest absolute Gasteiger partial charge is 0.194 e. The molecule has 0 aliphatic carbocycles. The van der Waals surface area contributed by atoms with Crippen molar-refractivity contribution >= 4 is 5.69 Å². The minimum absolute atomic E-state index is 0.0904. The largest absolute Gasteiger partial charge is 0.502 e. The van der Waals surface area contributed by atoms with Crippen LogP contribution in [0.1, 0.15) is 0 Å². The third-order valence-electron chi connectivity index (χ3n) is 4.65. The molecule has 0 spiro atoms. The van der Waals surface area contributed by atoms with Crippen LogP contribution in [0.15, 0.2) is 48.8 Å². The maximum Gasteiger partial charge on any atom is 0.194 e. The fourth-order valence-electron chi connectivity index (χ4n) is 3.15. The van der Waals surface area contributed by atoms with Gasteiger partial charge in [0.1, 0.15) is 0 Å². The molecule has 1 fully saturated rings. The predicted molar refractivity (Wildman–Crippen MR) is 100 cm³/mol. The number of phenols is 1. The number of methoxy groups -OCH3 is 1. The Balaban J connectivity index is 1.58. The normalized spacial score (nSPS) is 14.4. The Morgan fingerprint density at radius 2 is 1.78 bits per heavy atom. The van der Waals surface area contributed by atoms with Gasteiger partial charge in [-0.15, -0.1) is 0 Å². The summed E-state index contributed by atoms with van der Waals surface area (Å²) in [6.07, 6.45) is 3.47. The number of hydrogen-bond donors (Lipinski definition) is 1. The highest BCUT2D eigenvalue weighted by Crippen LogP contribution is 2.34. The third kappa shape index (κ3) is 3.46. The fourth-order valence-corrected chi connectivity index (χ4v) is 3.15. The molecular formula is C20H20FN3O3. The highest BCUT2D eigenvalue weighted by atomic mass is 19.1. The lowest BCUT2D eigenvalue weighted by Crippen LogP contribution is -2.36. The zero-order chi connectivity index (χ0) is 18.8. The van der Waals surface area contributed by atoms with Crippen LogP contribution in [0.3, 0.4) is 0 Å². The van der Waals surface area contributed by atoms with E-state index in [1.807, 2.05) is 18.3 Å². The second kappa shape index (κ2) is 7.28. The molecule has 0 saturated carbocycles. The van der Waals surface area contributed by atoms with Gasteiger partial charge in [-0.1, -0.05) is 0 Å². The summed E-state index contributed by atoms with van der Waals surface area (Å²) in [7, 11) is 1.39. The van der Waals surface area contributed by atoms with Crippen molar-refractivity contribution in [1.29, 1.82) is 0 Å². The summed E-state index contributed by atoms with van der Waals surface area (Å²) in [4.78, 5) is 2.29. The molecule has 1 N–H and O–H groups in total. The summed E-state index contributed by atoms with van der Waals surface area (Å²) in [5, 5.41) is 14.0. The molecule has 0 unspecified atom stereocenters. The van der Waals surface area contributed by atoms with Crippen molar-refractivity contribution in [3.05, 3.63) is 54.6 Å². The summed E-state index contributed by atoms with van der Waals surface area (Å²) in [6, 6.07) is 11.0. The molecule has 2 heterocycles. The molecule has 6 nitrogen and oxygen atoms in total. The van der Waals surface area contributed by atoms with Crippen LogP contribution in [0.5, 0.6) is 11.5 Å². The molecule has 2 aromatic carbocycles. The van der Waals surface area contributed by atoms with Gasteiger partial charge in [-0.2, -0.15) is 5.10 Å². The number of ether oxygens (including phenoxy) is 2. The van der Waals surface area contributed by atoms with Gasteiger partial charge >= 0.3 is 0 Å². The van der Waals surface area contributed by atoms with Gasteiger partial charge in [0.25, 0.3) is 0 Å². The van der Waals surface area contributed by atoms with Gasteiger partial charge in [0.15, 0.2) is 17.3 Å². The number of nitrogens with zero attached hydrogens (tertiary/aromatic N) is 3. The summed E-state index contributed by atoms with van der Waals surface area (Å²) in [5.41, 5.74) is 3.37. The first-order valence-electron chi connectivity index (χ1n) is 8.70. The SMILES string of the molecule is COc1cc(-c2cnn(-c3ccc(N4CCOCC4)cc3)c2)cc(F)c1O. The molecule has 0 amide bonds. The molecule has 0 bridgehead atoms. The van der Waals surface area contributed by atoms with E-state index in [4.69, 9.17) is 9.47 Å². The van der Waals surface area contributed by atoms with E-state index in [1.54, 1.807) is 16.9 Å². The topological polar surface area (TPSA) is 59.8 Å². The predicted octanol–water partition coefficient (Wildman–Crippen LogP) is 3.23. The van der Waals surface area contributed by atoms with E-state index in [-0.39, 0.29) is 5.75 Å². The number of anilines is 1. The minimum Gasteiger partial charge on any atom is -0.502 e. The molecule has 4 rings (SSSR count). The van der Waals surface area contributed by atoms with Crippen LogP contribution in [-0.4, -0.2) is 48.3 Å². The van der Waals surface area contributed by atoms with Crippen molar-refractivity contribution in [1.82, 2.24) is 9.78 Å². The van der Waals surface area contributed by atoms with E-state index in [2.05, 4.69) is 22.1 Å². The van der Waals surface area contributed by atoms with E-state index in [1.165, 1.54) is 13.2 Å². The van der Waals surface area contributed by atoms with Crippen LogP contribution in [0.4, 0.5) is 10.1 Å². The summed E-state index contributed by atoms with van der Waals surface area (Å²) < 4.78 is 26.0. The highest BCUT2D eigenvalue weighted by Gasteiger charge is 2.14. The molecule has 1 aliphatic rings. The number of morpholine rings is 1. The van der Waals surface area contributed by atoms with Crippen LogP contribution in [0.2, 0.25) is 0 Å². The Morgan fingerprint density at radius 1 is 1.07 bits per heavy atom. The molecule has 1 aliphatic heterocycles. The molecule has 27 heavy (non-hydrogen) atoms. The van der Waals surface area contributed by atoms with Crippen molar-refractivity contribution in [2.45, 2.75) is 0 Å². The number of aromatic hydroxyl groups is 1. The Morgan fingerprint density at radius 3 is 2.48 bits per heavy atom. The quantitative estimate of drug-likeness (QED) is 0.765. The Bertz CT molecular complexity index is 934. The highest BCUT2D eigenvalue weighted by molar-refractivity contribution is 5.66. The molecule has 0 radical (unpaired) electrons. The lowest BCUT2D eigenvalue weighted by atomic mass is 10.1. The number of phenolic OH excluding ortho intramolecular Hbond substituents is 1. The number of hydrogen-bond acceptors (Lipinski definition) is 5. The van der Waals surface area contributed by atoms with Crippen LogP contribution >= 0.6 is 0 Å². The van der Waals surface area contributed by atoms with Crippen LogP contribution < -0.4 is 9.64 Å². The van der Waals surface area contributed by atoms with Crippen LogP contribution in [0.25, 0.3) is 16.8 Å². The second-order valence-corrected chi connectivity index (χ2v) is 6.30. The van der Waals surface area contributed by atoms with Crippen molar-refractivity contribution in [2.24, 2.45) is 0 Å².